The van der Waals surface area contributed by atoms with Crippen molar-refractivity contribution in [1.82, 2.24) is 0 Å². The molecule has 0 bridgehead atoms. The van der Waals surface area contributed by atoms with Gasteiger partial charge in [0.25, 0.3) is 0 Å². The molecule has 1 aliphatic rings. The molecule has 3 aromatic rings. The highest BCUT2D eigenvalue weighted by Crippen LogP contribution is 2.36. The molecular weight excluding hydrogens is 384 g/mol. The lowest BCUT2D eigenvalue weighted by Crippen LogP contribution is -2.07. The second-order valence-corrected chi connectivity index (χ2v) is 8.09. The van der Waals surface area contributed by atoms with E-state index in [1.807, 2.05) is 54.6 Å². The predicted molar refractivity (Wildman–Crippen MR) is 111 cm³/mol. The fraction of sp³-hybridized carbons (Fsp3) is 0.167. The van der Waals surface area contributed by atoms with Crippen molar-refractivity contribution in [2.24, 2.45) is 5.92 Å². The van der Waals surface area contributed by atoms with Gasteiger partial charge >= 0.3 is 5.97 Å². The molecule has 0 atom stereocenters. The SMILES string of the molecule is O=C(C(=COC(=O)c1ccco1)CC1CC1)c1ccc(Sc2ccccc2)cc1. The number of rotatable bonds is 8. The number of allylic oxidation sites excluding steroid dienone is 1. The molecule has 2 aromatic carbocycles. The van der Waals surface area contributed by atoms with Crippen LogP contribution in [0.1, 0.15) is 40.2 Å². The highest BCUT2D eigenvalue weighted by molar-refractivity contribution is 7.99. The lowest BCUT2D eigenvalue weighted by atomic mass is 10.00. The van der Waals surface area contributed by atoms with E-state index in [-0.39, 0.29) is 11.5 Å². The molecule has 0 N–H and O–H groups in total. The summed E-state index contributed by atoms with van der Waals surface area (Å²) >= 11 is 1.64. The van der Waals surface area contributed by atoms with E-state index in [1.165, 1.54) is 18.6 Å². The molecule has 5 heteroatoms. The first kappa shape index (κ1) is 19.3. The van der Waals surface area contributed by atoms with Gasteiger partial charge in [-0.1, -0.05) is 30.0 Å². The van der Waals surface area contributed by atoms with Gasteiger partial charge in [-0.05, 0) is 73.7 Å². The summed E-state index contributed by atoms with van der Waals surface area (Å²) < 4.78 is 10.2. The topological polar surface area (TPSA) is 56.5 Å². The average Bonchev–Trinajstić information content (AvgIpc) is 3.40. The lowest BCUT2D eigenvalue weighted by Gasteiger charge is -2.08. The zero-order chi connectivity index (χ0) is 20.1. The summed E-state index contributed by atoms with van der Waals surface area (Å²) in [5.41, 5.74) is 1.10. The van der Waals surface area contributed by atoms with Gasteiger partial charge in [-0.2, -0.15) is 0 Å². The summed E-state index contributed by atoms with van der Waals surface area (Å²) in [6.45, 7) is 0. The number of hydrogen-bond acceptors (Lipinski definition) is 5. The molecule has 1 aliphatic carbocycles. The first-order valence-electron chi connectivity index (χ1n) is 9.50. The van der Waals surface area contributed by atoms with Crippen molar-refractivity contribution in [2.45, 2.75) is 29.1 Å². The number of esters is 1. The lowest BCUT2D eigenvalue weighted by molar-refractivity contribution is 0.0624. The first-order chi connectivity index (χ1) is 14.2. The van der Waals surface area contributed by atoms with Gasteiger partial charge in [-0.15, -0.1) is 0 Å². The number of carbonyl (C=O) groups is 2. The minimum absolute atomic E-state index is 0.111. The average molecular weight is 404 g/mol. The third-order valence-electron chi connectivity index (χ3n) is 4.62. The molecule has 0 radical (unpaired) electrons. The number of benzene rings is 2. The van der Waals surface area contributed by atoms with E-state index < -0.39 is 5.97 Å². The van der Waals surface area contributed by atoms with Gasteiger partial charge in [-0.3, -0.25) is 4.79 Å². The molecule has 1 aromatic heterocycles. The molecule has 4 rings (SSSR count). The number of ether oxygens (including phenoxy) is 1. The van der Waals surface area contributed by atoms with Gasteiger partial charge in [-0.25, -0.2) is 4.79 Å². The molecule has 0 aliphatic heterocycles. The quantitative estimate of drug-likeness (QED) is 0.195. The largest absolute Gasteiger partial charge is 0.457 e. The van der Waals surface area contributed by atoms with Crippen LogP contribution in [0, 0.1) is 5.92 Å². The Morgan fingerprint density at radius 2 is 1.69 bits per heavy atom. The van der Waals surface area contributed by atoms with Gasteiger partial charge in [0.05, 0.1) is 6.26 Å². The van der Waals surface area contributed by atoms with E-state index in [0.717, 1.165) is 22.6 Å². The highest BCUT2D eigenvalue weighted by atomic mass is 32.2. The number of carbonyl (C=O) groups excluding carboxylic acids is 2. The van der Waals surface area contributed by atoms with Crippen LogP contribution in [0.25, 0.3) is 0 Å². The monoisotopic (exact) mass is 404 g/mol. The Morgan fingerprint density at radius 3 is 2.34 bits per heavy atom. The number of hydrogen-bond donors (Lipinski definition) is 0. The van der Waals surface area contributed by atoms with Crippen LogP contribution in [-0.4, -0.2) is 11.8 Å². The normalized spacial score (nSPS) is 13.9. The first-order valence-corrected chi connectivity index (χ1v) is 10.3. The van der Waals surface area contributed by atoms with Crippen LogP contribution in [0.3, 0.4) is 0 Å². The number of furan rings is 1. The molecule has 0 spiro atoms. The van der Waals surface area contributed by atoms with Gasteiger partial charge < -0.3 is 9.15 Å². The second kappa shape index (κ2) is 8.97. The Balaban J connectivity index is 1.46. The summed E-state index contributed by atoms with van der Waals surface area (Å²) in [5.74, 6) is -0.117. The van der Waals surface area contributed by atoms with Crippen LogP contribution in [0.5, 0.6) is 0 Å². The van der Waals surface area contributed by atoms with E-state index in [0.29, 0.717) is 23.5 Å². The van der Waals surface area contributed by atoms with Crippen molar-refractivity contribution in [1.29, 1.82) is 0 Å². The summed E-state index contributed by atoms with van der Waals surface area (Å²) in [7, 11) is 0. The third kappa shape index (κ3) is 5.27. The summed E-state index contributed by atoms with van der Waals surface area (Å²) in [4.78, 5) is 27.2. The molecule has 29 heavy (non-hydrogen) atoms. The molecule has 0 unspecified atom stereocenters. The minimum atomic E-state index is -0.606. The van der Waals surface area contributed by atoms with Crippen LogP contribution >= 0.6 is 11.8 Å². The van der Waals surface area contributed by atoms with Crippen molar-refractivity contribution in [3.8, 4) is 0 Å². The fourth-order valence-electron chi connectivity index (χ4n) is 2.89. The van der Waals surface area contributed by atoms with Crippen LogP contribution in [0.2, 0.25) is 0 Å². The van der Waals surface area contributed by atoms with Crippen LogP contribution in [0.15, 0.2) is 99.0 Å². The second-order valence-electron chi connectivity index (χ2n) is 6.94. The zero-order valence-corrected chi connectivity index (χ0v) is 16.6. The Morgan fingerprint density at radius 1 is 0.966 bits per heavy atom. The predicted octanol–water partition coefficient (Wildman–Crippen LogP) is 6.15. The van der Waals surface area contributed by atoms with Gasteiger partial charge in [0, 0.05) is 20.9 Å². The molecule has 4 nitrogen and oxygen atoms in total. The van der Waals surface area contributed by atoms with Gasteiger partial charge in [0.2, 0.25) is 5.76 Å². The maximum atomic E-state index is 13.0. The number of ketones is 1. The maximum Gasteiger partial charge on any atom is 0.379 e. The van der Waals surface area contributed by atoms with Crippen molar-refractivity contribution in [3.05, 3.63) is 96.2 Å². The van der Waals surface area contributed by atoms with E-state index in [9.17, 15) is 9.59 Å². The Hall–Kier alpha value is -3.05. The van der Waals surface area contributed by atoms with Gasteiger partial charge in [0.1, 0.15) is 6.26 Å². The molecule has 1 fully saturated rings. The van der Waals surface area contributed by atoms with E-state index in [1.54, 1.807) is 17.8 Å². The molecule has 1 saturated carbocycles. The van der Waals surface area contributed by atoms with E-state index in [4.69, 9.17) is 9.15 Å². The Kier molecular flexibility index (Phi) is 5.96. The molecular formula is C24H20O4S. The smallest absolute Gasteiger partial charge is 0.379 e. The molecule has 0 saturated heterocycles. The van der Waals surface area contributed by atoms with E-state index >= 15 is 0 Å². The van der Waals surface area contributed by atoms with Crippen molar-refractivity contribution < 1.29 is 18.7 Å². The molecule has 0 amide bonds. The highest BCUT2D eigenvalue weighted by Gasteiger charge is 2.26. The van der Waals surface area contributed by atoms with Crippen molar-refractivity contribution in [3.63, 3.8) is 0 Å². The summed E-state index contributed by atoms with van der Waals surface area (Å²) in [5, 5.41) is 0. The third-order valence-corrected chi connectivity index (χ3v) is 5.64. The van der Waals surface area contributed by atoms with Crippen LogP contribution in [-0.2, 0) is 4.74 Å². The standard InChI is InChI=1S/C24H20O4S/c25-23(18-10-12-21(13-11-18)29-20-5-2-1-3-6-20)19(15-17-8-9-17)16-28-24(26)22-7-4-14-27-22/h1-7,10-14,16-17H,8-9,15H2. The minimum Gasteiger partial charge on any atom is -0.457 e. The van der Waals surface area contributed by atoms with Gasteiger partial charge in [0.15, 0.2) is 5.78 Å². The fourth-order valence-corrected chi connectivity index (χ4v) is 3.73. The molecule has 146 valence electrons. The Labute approximate surface area is 173 Å². The number of Topliss-reactive ketones (excluding diaryl/α,β-unsaturated/α-hetero) is 1. The van der Waals surface area contributed by atoms with Crippen molar-refractivity contribution in [2.75, 3.05) is 0 Å². The molecule has 1 heterocycles. The summed E-state index contributed by atoms with van der Waals surface area (Å²) in [6.07, 6.45) is 5.52. The zero-order valence-electron chi connectivity index (χ0n) is 15.7. The van der Waals surface area contributed by atoms with Crippen LogP contribution < -0.4 is 0 Å². The maximum absolute atomic E-state index is 13.0. The van der Waals surface area contributed by atoms with Crippen molar-refractivity contribution >= 4 is 23.5 Å². The summed E-state index contributed by atoms with van der Waals surface area (Å²) in [6, 6.07) is 20.7. The Bertz CT molecular complexity index is 1000. The van der Waals surface area contributed by atoms with Crippen LogP contribution in [0.4, 0.5) is 0 Å². The van der Waals surface area contributed by atoms with E-state index in [2.05, 4.69) is 0 Å².